The van der Waals surface area contributed by atoms with E-state index in [9.17, 15) is 0 Å². The summed E-state index contributed by atoms with van der Waals surface area (Å²) < 4.78 is 0.851. The van der Waals surface area contributed by atoms with Crippen LogP contribution in [0.5, 0.6) is 0 Å². The summed E-state index contributed by atoms with van der Waals surface area (Å²) in [5, 5.41) is 0. The summed E-state index contributed by atoms with van der Waals surface area (Å²) in [4.78, 5) is 3.18. The first-order valence-electron chi connectivity index (χ1n) is 3.55. The Kier molecular flexibility index (Phi) is 1.34. The summed E-state index contributed by atoms with van der Waals surface area (Å²) in [7, 11) is 0. The largest absolute Gasteiger partial charge is 0.350 e. The van der Waals surface area contributed by atoms with E-state index in [4.69, 9.17) is 12.2 Å². The van der Waals surface area contributed by atoms with Gasteiger partial charge in [0.2, 0.25) is 0 Å². The first-order valence-corrected chi connectivity index (χ1v) is 3.96. The molecule has 0 bridgehead atoms. The molecule has 52 valence electrons. The topological polar surface area (TPSA) is 15.8 Å². The Hall–Kier alpha value is -0.630. The molecule has 10 heavy (non-hydrogen) atoms. The number of aromatic amines is 1. The van der Waals surface area contributed by atoms with Gasteiger partial charge in [0.05, 0.1) is 0 Å². The van der Waals surface area contributed by atoms with Crippen LogP contribution in [0.25, 0.3) is 0 Å². The molecule has 0 aliphatic heterocycles. The zero-order chi connectivity index (χ0) is 6.97. The van der Waals surface area contributed by atoms with Gasteiger partial charge in [-0.3, -0.25) is 0 Å². The fourth-order valence-corrected chi connectivity index (χ4v) is 1.29. The molecule has 0 aromatic carbocycles. The third-order valence-corrected chi connectivity index (χ3v) is 2.05. The Balaban J connectivity index is 2.41. The van der Waals surface area contributed by atoms with E-state index in [1.807, 2.05) is 12.1 Å². The van der Waals surface area contributed by atoms with Crippen molar-refractivity contribution in [1.82, 2.24) is 4.98 Å². The highest BCUT2D eigenvalue weighted by atomic mass is 32.1. The normalized spacial score (nSPS) is 17.2. The Morgan fingerprint density at radius 2 is 2.20 bits per heavy atom. The van der Waals surface area contributed by atoms with Gasteiger partial charge in [0.25, 0.3) is 0 Å². The molecule has 2 rings (SSSR count). The highest BCUT2D eigenvalue weighted by Gasteiger charge is 2.23. The smallest absolute Gasteiger partial charge is 0.103 e. The third kappa shape index (κ3) is 1.12. The van der Waals surface area contributed by atoms with Crippen LogP contribution < -0.4 is 0 Å². The summed E-state index contributed by atoms with van der Waals surface area (Å²) in [6.07, 6.45) is 2.66. The van der Waals surface area contributed by atoms with Gasteiger partial charge in [-0.1, -0.05) is 18.3 Å². The van der Waals surface area contributed by atoms with Gasteiger partial charge in [-0.25, -0.2) is 0 Å². The van der Waals surface area contributed by atoms with Gasteiger partial charge in [-0.2, -0.15) is 0 Å². The standard InChI is InChI=1S/C8H9NS/c10-8-3-1-2-7(9-8)6-4-5-6/h1-3,6H,4-5H2,(H,9,10). The van der Waals surface area contributed by atoms with Gasteiger partial charge >= 0.3 is 0 Å². The van der Waals surface area contributed by atoms with Crippen molar-refractivity contribution in [3.8, 4) is 0 Å². The maximum atomic E-state index is 4.99. The zero-order valence-corrected chi connectivity index (χ0v) is 6.45. The van der Waals surface area contributed by atoms with Gasteiger partial charge in [-0.05, 0) is 30.9 Å². The van der Waals surface area contributed by atoms with Crippen molar-refractivity contribution >= 4 is 12.2 Å². The molecule has 0 amide bonds. The lowest BCUT2D eigenvalue weighted by Gasteiger charge is -1.94. The van der Waals surface area contributed by atoms with Crippen molar-refractivity contribution in [2.24, 2.45) is 0 Å². The molecule has 1 fully saturated rings. The van der Waals surface area contributed by atoms with E-state index in [0.717, 1.165) is 10.6 Å². The molecule has 0 unspecified atom stereocenters. The van der Waals surface area contributed by atoms with Crippen molar-refractivity contribution in [1.29, 1.82) is 0 Å². The summed E-state index contributed by atoms with van der Waals surface area (Å²) in [5.41, 5.74) is 1.31. The van der Waals surface area contributed by atoms with Crippen LogP contribution in [0, 0.1) is 4.64 Å². The molecule has 0 saturated heterocycles. The van der Waals surface area contributed by atoms with Gasteiger partial charge < -0.3 is 4.98 Å². The summed E-state index contributed by atoms with van der Waals surface area (Å²) in [5.74, 6) is 0.780. The van der Waals surface area contributed by atoms with Crippen LogP contribution >= 0.6 is 12.2 Å². The molecule has 1 saturated carbocycles. The molecule has 2 heteroatoms. The average molecular weight is 151 g/mol. The van der Waals surface area contributed by atoms with E-state index >= 15 is 0 Å². The Bertz CT molecular complexity index is 285. The van der Waals surface area contributed by atoms with E-state index in [2.05, 4.69) is 11.1 Å². The third-order valence-electron chi connectivity index (χ3n) is 1.81. The molecule has 1 aromatic rings. The van der Waals surface area contributed by atoms with E-state index in [1.165, 1.54) is 18.5 Å². The van der Waals surface area contributed by atoms with Crippen LogP contribution in [-0.2, 0) is 0 Å². The minimum atomic E-state index is 0.780. The van der Waals surface area contributed by atoms with E-state index in [-0.39, 0.29) is 0 Å². The van der Waals surface area contributed by atoms with Crippen LogP contribution in [-0.4, -0.2) is 4.98 Å². The Labute approximate surface area is 65.1 Å². The molecule has 1 heterocycles. The van der Waals surface area contributed by atoms with Gasteiger partial charge in [0.1, 0.15) is 4.64 Å². The molecule has 1 aliphatic carbocycles. The van der Waals surface area contributed by atoms with Crippen molar-refractivity contribution in [2.75, 3.05) is 0 Å². The Morgan fingerprint density at radius 3 is 2.80 bits per heavy atom. The fraction of sp³-hybridized carbons (Fsp3) is 0.375. The number of pyridine rings is 1. The van der Waals surface area contributed by atoms with Crippen molar-refractivity contribution in [2.45, 2.75) is 18.8 Å². The summed E-state index contributed by atoms with van der Waals surface area (Å²) in [6.45, 7) is 0. The molecule has 1 N–H and O–H groups in total. The van der Waals surface area contributed by atoms with Crippen LogP contribution in [0.3, 0.4) is 0 Å². The lowest BCUT2D eigenvalue weighted by Crippen LogP contribution is -1.83. The van der Waals surface area contributed by atoms with Crippen molar-refractivity contribution < 1.29 is 0 Å². The molecule has 0 spiro atoms. The maximum absolute atomic E-state index is 4.99. The van der Waals surface area contributed by atoms with Crippen molar-refractivity contribution in [3.05, 3.63) is 28.5 Å². The first kappa shape index (κ1) is 6.10. The van der Waals surface area contributed by atoms with Crippen LogP contribution in [0.15, 0.2) is 18.2 Å². The molecule has 1 aliphatic rings. The second-order valence-corrected chi connectivity index (χ2v) is 3.18. The predicted molar refractivity (Wildman–Crippen MR) is 43.6 cm³/mol. The first-order chi connectivity index (χ1) is 4.86. The predicted octanol–water partition coefficient (Wildman–Crippen LogP) is 2.62. The minimum Gasteiger partial charge on any atom is -0.350 e. The van der Waals surface area contributed by atoms with Gasteiger partial charge in [0, 0.05) is 5.69 Å². The number of hydrogen-bond donors (Lipinski definition) is 1. The SMILES string of the molecule is S=c1cccc(C2CC2)[nH]1. The zero-order valence-electron chi connectivity index (χ0n) is 5.63. The highest BCUT2D eigenvalue weighted by Crippen LogP contribution is 2.38. The lowest BCUT2D eigenvalue weighted by molar-refractivity contribution is 1.02. The van der Waals surface area contributed by atoms with Crippen LogP contribution in [0.2, 0.25) is 0 Å². The molecular weight excluding hydrogens is 142 g/mol. The molecular formula is C8H9NS. The average Bonchev–Trinajstić information content (AvgIpc) is 2.68. The molecule has 0 atom stereocenters. The van der Waals surface area contributed by atoms with Gasteiger partial charge in [-0.15, -0.1) is 0 Å². The number of rotatable bonds is 1. The van der Waals surface area contributed by atoms with Crippen LogP contribution in [0.4, 0.5) is 0 Å². The lowest BCUT2D eigenvalue weighted by atomic mass is 10.3. The number of nitrogens with one attached hydrogen (secondary N) is 1. The molecule has 0 radical (unpaired) electrons. The number of aromatic nitrogens is 1. The molecule has 1 nitrogen and oxygen atoms in total. The summed E-state index contributed by atoms with van der Waals surface area (Å²) in [6, 6.07) is 6.06. The van der Waals surface area contributed by atoms with E-state index < -0.39 is 0 Å². The highest BCUT2D eigenvalue weighted by molar-refractivity contribution is 7.71. The monoisotopic (exact) mass is 151 g/mol. The Morgan fingerprint density at radius 1 is 1.40 bits per heavy atom. The number of H-pyrrole nitrogens is 1. The fourth-order valence-electron chi connectivity index (χ4n) is 1.10. The minimum absolute atomic E-state index is 0.780. The molecule has 1 aromatic heterocycles. The van der Waals surface area contributed by atoms with Gasteiger partial charge in [0.15, 0.2) is 0 Å². The quantitative estimate of drug-likeness (QED) is 0.610. The second-order valence-electron chi connectivity index (χ2n) is 2.74. The second kappa shape index (κ2) is 2.20. The van der Waals surface area contributed by atoms with E-state index in [0.29, 0.717) is 0 Å². The summed E-state index contributed by atoms with van der Waals surface area (Å²) >= 11 is 4.99. The number of hydrogen-bond acceptors (Lipinski definition) is 1. The maximum Gasteiger partial charge on any atom is 0.103 e. The van der Waals surface area contributed by atoms with Crippen LogP contribution in [0.1, 0.15) is 24.5 Å². The van der Waals surface area contributed by atoms with Crippen molar-refractivity contribution in [3.63, 3.8) is 0 Å². The van der Waals surface area contributed by atoms with E-state index in [1.54, 1.807) is 0 Å².